The number of hydrogen-bond acceptors (Lipinski definition) is 5. The quantitative estimate of drug-likeness (QED) is 0.123. The van der Waals surface area contributed by atoms with Gasteiger partial charge in [0.05, 0.1) is 10.4 Å². The number of carbonyl (C=O) groups is 2. The molecule has 0 fully saturated rings. The first-order valence-corrected chi connectivity index (χ1v) is 16.0. The average Bonchev–Trinajstić information content (AvgIpc) is 3.49. The van der Waals surface area contributed by atoms with Crippen molar-refractivity contribution in [2.75, 3.05) is 0 Å². The zero-order chi connectivity index (χ0) is 30.0. The number of nitrogens with zero attached hydrogens (tertiary/aromatic N) is 1. The van der Waals surface area contributed by atoms with E-state index in [2.05, 4.69) is 0 Å². The summed E-state index contributed by atoms with van der Waals surface area (Å²) in [5.74, 6) is -1.92. The van der Waals surface area contributed by atoms with Gasteiger partial charge in [-0.25, -0.2) is 12.4 Å². The maximum Gasteiger partial charge on any atom is 0.268 e. The van der Waals surface area contributed by atoms with Gasteiger partial charge in [0, 0.05) is 32.5 Å². The Hall–Kier alpha value is -4.72. The maximum absolute atomic E-state index is 14.3. The molecule has 0 atom stereocenters. The molecule has 7 heteroatoms. The molecule has 1 aromatic heterocycles. The first kappa shape index (κ1) is 28.4. The number of Topliss-reactive ketones (excluding diaryl/α,β-unsaturated/α-hetero) is 2. The lowest BCUT2D eigenvalue weighted by molar-refractivity contribution is 0.0859. The summed E-state index contributed by atoms with van der Waals surface area (Å²) in [7, 11) is -3.96. The van der Waals surface area contributed by atoms with Gasteiger partial charge < -0.3 is 0 Å². The molecule has 0 N–H and O–H groups in total. The van der Waals surface area contributed by atoms with E-state index in [1.165, 1.54) is 21.9 Å². The number of carbonyl (C=O) groups excluding carboxylic acids is 2. The molecule has 0 aliphatic heterocycles. The van der Waals surface area contributed by atoms with Crippen molar-refractivity contribution in [3.63, 3.8) is 0 Å². The van der Waals surface area contributed by atoms with Crippen LogP contribution in [0.15, 0.2) is 154 Å². The summed E-state index contributed by atoms with van der Waals surface area (Å²) >= 11 is 1.43. The maximum atomic E-state index is 14.3. The van der Waals surface area contributed by atoms with Crippen molar-refractivity contribution in [2.24, 2.45) is 0 Å². The van der Waals surface area contributed by atoms with Gasteiger partial charge in [0.25, 0.3) is 10.0 Å². The fourth-order valence-corrected chi connectivity index (χ4v) is 7.52. The summed E-state index contributed by atoms with van der Waals surface area (Å²) in [6.07, 6.45) is 1.50. The Kier molecular flexibility index (Phi) is 7.84. The third kappa shape index (κ3) is 5.57. The number of aryl methyl sites for hydroxylation is 1. The van der Waals surface area contributed by atoms with Crippen molar-refractivity contribution in [2.45, 2.75) is 27.5 Å². The molecule has 0 aliphatic carbocycles. The first-order valence-electron chi connectivity index (χ1n) is 13.7. The van der Waals surface area contributed by atoms with Crippen LogP contribution in [0.3, 0.4) is 0 Å². The molecule has 5 nitrogen and oxygen atoms in total. The molecule has 6 rings (SSSR count). The largest absolute Gasteiger partial charge is 0.293 e. The van der Waals surface area contributed by atoms with Gasteiger partial charge in [0.2, 0.25) is 0 Å². The third-order valence-electron chi connectivity index (χ3n) is 7.32. The molecule has 0 unspecified atom stereocenters. The monoisotopic (exact) mass is 601 g/mol. The lowest BCUT2D eigenvalue weighted by atomic mass is 9.83. The Bertz CT molecular complexity index is 1980. The molecule has 212 valence electrons. The fraction of sp³-hybridized carbons (Fsp3) is 0.0556. The SMILES string of the molecule is Cc1ccc(S(=O)(=O)n2ccc3c(C(C(=O)c4ccccc4)C(=O)c4ccccc4)c(Sc4ccccc4)ccc32)cc1. The number of hydrogen-bond donors (Lipinski definition) is 0. The number of ketones is 2. The van der Waals surface area contributed by atoms with Crippen LogP contribution in [0.4, 0.5) is 0 Å². The molecular formula is C36H27NO4S2. The van der Waals surface area contributed by atoms with E-state index in [-0.39, 0.29) is 16.5 Å². The van der Waals surface area contributed by atoms with Gasteiger partial charge in [-0.15, -0.1) is 0 Å². The molecule has 0 saturated carbocycles. The van der Waals surface area contributed by atoms with Crippen LogP contribution in [-0.4, -0.2) is 24.0 Å². The average molecular weight is 602 g/mol. The summed E-state index contributed by atoms with van der Waals surface area (Å²) in [6, 6.07) is 39.1. The lowest BCUT2D eigenvalue weighted by Gasteiger charge is -2.21. The van der Waals surface area contributed by atoms with Crippen LogP contribution < -0.4 is 0 Å². The van der Waals surface area contributed by atoms with E-state index in [9.17, 15) is 18.0 Å². The van der Waals surface area contributed by atoms with E-state index in [0.29, 0.717) is 32.5 Å². The van der Waals surface area contributed by atoms with Crippen molar-refractivity contribution in [1.82, 2.24) is 3.97 Å². The summed E-state index contributed by atoms with van der Waals surface area (Å²) in [5.41, 5.74) is 2.61. The first-order chi connectivity index (χ1) is 20.8. The molecule has 0 radical (unpaired) electrons. The summed E-state index contributed by atoms with van der Waals surface area (Å²) in [5, 5.41) is 0.523. The Morgan fingerprint density at radius 3 is 1.74 bits per heavy atom. The minimum absolute atomic E-state index is 0.150. The van der Waals surface area contributed by atoms with Crippen LogP contribution in [0.25, 0.3) is 10.9 Å². The molecule has 0 bridgehead atoms. The fourth-order valence-electron chi connectivity index (χ4n) is 5.15. The van der Waals surface area contributed by atoms with Crippen molar-refractivity contribution in [3.8, 4) is 0 Å². The number of rotatable bonds is 9. The zero-order valence-electron chi connectivity index (χ0n) is 23.3. The van der Waals surface area contributed by atoms with Crippen LogP contribution in [0.1, 0.15) is 37.8 Å². The molecule has 5 aromatic carbocycles. The van der Waals surface area contributed by atoms with E-state index < -0.39 is 15.9 Å². The van der Waals surface area contributed by atoms with Gasteiger partial charge in [-0.2, -0.15) is 0 Å². The van der Waals surface area contributed by atoms with Crippen LogP contribution in [-0.2, 0) is 10.0 Å². The molecule has 43 heavy (non-hydrogen) atoms. The Labute approximate surface area is 254 Å². The second-order valence-electron chi connectivity index (χ2n) is 10.1. The number of fused-ring (bicyclic) bond motifs is 1. The van der Waals surface area contributed by atoms with Gasteiger partial charge in [-0.1, -0.05) is 108 Å². The van der Waals surface area contributed by atoms with Crippen LogP contribution in [0, 0.1) is 6.92 Å². The third-order valence-corrected chi connectivity index (χ3v) is 10.1. The van der Waals surface area contributed by atoms with Crippen LogP contribution in [0.5, 0.6) is 0 Å². The molecule has 0 aliphatic rings. The van der Waals surface area contributed by atoms with E-state index >= 15 is 0 Å². The lowest BCUT2D eigenvalue weighted by Crippen LogP contribution is -2.23. The van der Waals surface area contributed by atoms with Gasteiger partial charge in [0.15, 0.2) is 11.6 Å². The van der Waals surface area contributed by atoms with Gasteiger partial charge in [-0.05, 0) is 55.0 Å². The normalized spacial score (nSPS) is 11.6. The van der Waals surface area contributed by atoms with Crippen LogP contribution in [0.2, 0.25) is 0 Å². The molecule has 1 heterocycles. The second-order valence-corrected chi connectivity index (χ2v) is 13.1. The van der Waals surface area contributed by atoms with Gasteiger partial charge in [-0.3, -0.25) is 9.59 Å². The zero-order valence-corrected chi connectivity index (χ0v) is 24.9. The van der Waals surface area contributed by atoms with E-state index in [4.69, 9.17) is 0 Å². The predicted octanol–water partition coefficient (Wildman–Crippen LogP) is 8.19. The molecule has 0 spiro atoms. The molecule has 0 amide bonds. The van der Waals surface area contributed by atoms with Gasteiger partial charge >= 0.3 is 0 Å². The predicted molar refractivity (Wildman–Crippen MR) is 171 cm³/mol. The number of aromatic nitrogens is 1. The van der Waals surface area contributed by atoms with E-state index in [0.717, 1.165) is 10.5 Å². The Morgan fingerprint density at radius 1 is 0.651 bits per heavy atom. The molecule has 6 aromatic rings. The second kappa shape index (κ2) is 11.9. The smallest absolute Gasteiger partial charge is 0.268 e. The molecular weight excluding hydrogens is 575 g/mol. The highest BCUT2D eigenvalue weighted by molar-refractivity contribution is 7.99. The van der Waals surface area contributed by atoms with Crippen LogP contribution >= 0.6 is 11.8 Å². The Morgan fingerprint density at radius 2 is 1.19 bits per heavy atom. The summed E-state index contributed by atoms with van der Waals surface area (Å²) in [4.78, 5) is 30.4. The highest BCUT2D eigenvalue weighted by atomic mass is 32.2. The van der Waals surface area contributed by atoms with Crippen molar-refractivity contribution in [3.05, 3.63) is 162 Å². The van der Waals surface area contributed by atoms with Crippen molar-refractivity contribution >= 4 is 44.3 Å². The van der Waals surface area contributed by atoms with E-state index in [1.54, 1.807) is 91.0 Å². The molecule has 0 saturated heterocycles. The van der Waals surface area contributed by atoms with Crippen molar-refractivity contribution < 1.29 is 18.0 Å². The topological polar surface area (TPSA) is 73.2 Å². The summed E-state index contributed by atoms with van der Waals surface area (Å²) in [6.45, 7) is 1.90. The summed E-state index contributed by atoms with van der Waals surface area (Å²) < 4.78 is 28.9. The minimum atomic E-state index is -3.96. The standard InChI is InChI=1S/C36H27NO4S2/c1-25-17-19-29(20-18-25)43(40,41)37-24-23-30-31(37)21-22-32(42-28-15-9-4-10-16-28)33(30)34(35(38)26-11-5-2-6-12-26)36(39)27-13-7-3-8-14-27/h2-24,34H,1H3. The minimum Gasteiger partial charge on any atom is -0.293 e. The van der Waals surface area contributed by atoms with Crippen molar-refractivity contribution in [1.29, 1.82) is 0 Å². The highest BCUT2D eigenvalue weighted by Gasteiger charge is 2.35. The van der Waals surface area contributed by atoms with Gasteiger partial charge in [0.1, 0.15) is 5.92 Å². The Balaban J connectivity index is 1.61. The number of benzene rings is 5. The van der Waals surface area contributed by atoms with E-state index in [1.807, 2.05) is 49.4 Å². The highest BCUT2D eigenvalue weighted by Crippen LogP contribution is 2.42.